The van der Waals surface area contributed by atoms with Crippen LogP contribution in [0.3, 0.4) is 0 Å². The largest absolute Gasteiger partial charge is 0.465 e. The Hall–Kier alpha value is -2.04. The third kappa shape index (κ3) is 5.91. The number of halogens is 4. The van der Waals surface area contributed by atoms with Crippen molar-refractivity contribution in [1.82, 2.24) is 14.5 Å². The fraction of sp³-hybridized carbons (Fsp3) is 0.682. The summed E-state index contributed by atoms with van der Waals surface area (Å²) in [6.45, 7) is 2.48. The molecule has 0 aromatic carbocycles. The molecule has 2 aromatic heterocycles. The lowest BCUT2D eigenvalue weighted by Crippen LogP contribution is -2.38. The highest BCUT2D eigenvalue weighted by Gasteiger charge is 2.63. The molecule has 0 aliphatic carbocycles. The van der Waals surface area contributed by atoms with Crippen LogP contribution in [-0.2, 0) is 16.6 Å². The van der Waals surface area contributed by atoms with Gasteiger partial charge in [0.2, 0.25) is 0 Å². The summed E-state index contributed by atoms with van der Waals surface area (Å²) in [5, 5.41) is 0.342. The highest BCUT2D eigenvalue weighted by atomic mass is 32.2. The second kappa shape index (κ2) is 10.5. The van der Waals surface area contributed by atoms with Gasteiger partial charge in [-0.3, -0.25) is 4.79 Å². The quantitative estimate of drug-likeness (QED) is 0.184. The number of unbranched alkanes of at least 4 members (excludes halogenated alkanes) is 1. The normalized spacial score (nSPS) is 18.1. The number of carbonyl (C=O) groups excluding carboxylic acids is 1. The first kappa shape index (κ1) is 25.6. The second-order valence-corrected chi connectivity index (χ2v) is 9.54. The van der Waals surface area contributed by atoms with Crippen molar-refractivity contribution >= 4 is 34.5 Å². The number of carbonyl (C=O) groups is 1. The Morgan fingerprint density at radius 3 is 2.58 bits per heavy atom. The van der Waals surface area contributed by atoms with Crippen LogP contribution < -0.4 is 4.90 Å². The first-order valence-electron chi connectivity index (χ1n) is 11.2. The molecule has 33 heavy (non-hydrogen) atoms. The number of aryl methyl sites for hydroxylation is 1. The number of hydrogen-bond donors (Lipinski definition) is 0. The number of fused-ring (bicyclic) bond motifs is 1. The Kier molecular flexibility index (Phi) is 8.13. The third-order valence-corrected chi connectivity index (χ3v) is 6.76. The van der Waals surface area contributed by atoms with E-state index >= 15 is 0 Å². The molecule has 1 aliphatic heterocycles. The molecule has 3 heterocycles. The molecule has 0 amide bonds. The van der Waals surface area contributed by atoms with E-state index in [0.29, 0.717) is 34.5 Å². The zero-order valence-corrected chi connectivity index (χ0v) is 19.9. The Morgan fingerprint density at radius 1 is 1.24 bits per heavy atom. The van der Waals surface area contributed by atoms with Gasteiger partial charge in [-0.25, -0.2) is 9.97 Å². The summed E-state index contributed by atoms with van der Waals surface area (Å²) in [5.41, 5.74) is 1.09. The molecule has 1 unspecified atom stereocenters. The number of hydrogen-bond acceptors (Lipinski definition) is 6. The number of nitrogens with zero attached hydrogens (tertiary/aromatic N) is 4. The van der Waals surface area contributed by atoms with Gasteiger partial charge >= 0.3 is 17.8 Å². The predicted octanol–water partition coefficient (Wildman–Crippen LogP) is 5.30. The average Bonchev–Trinajstić information content (AvgIpc) is 3.19. The zero-order chi connectivity index (χ0) is 24.2. The van der Waals surface area contributed by atoms with Gasteiger partial charge in [0.1, 0.15) is 5.52 Å². The van der Waals surface area contributed by atoms with E-state index in [-0.39, 0.29) is 18.1 Å². The summed E-state index contributed by atoms with van der Waals surface area (Å²) in [4.78, 5) is 21.7. The molecule has 0 N–H and O–H groups in total. The van der Waals surface area contributed by atoms with E-state index < -0.39 is 24.9 Å². The fourth-order valence-electron chi connectivity index (χ4n) is 3.76. The van der Waals surface area contributed by atoms with Crippen molar-refractivity contribution in [3.63, 3.8) is 0 Å². The van der Waals surface area contributed by atoms with Crippen molar-refractivity contribution < 1.29 is 27.1 Å². The van der Waals surface area contributed by atoms with Crippen molar-refractivity contribution in [2.75, 3.05) is 30.3 Å². The van der Waals surface area contributed by atoms with Gasteiger partial charge in [0, 0.05) is 19.0 Å². The molecule has 1 atom stereocenters. The molecule has 3 rings (SSSR count). The van der Waals surface area contributed by atoms with E-state index in [4.69, 9.17) is 4.74 Å². The number of ether oxygens (including phenoxy) is 1. The van der Waals surface area contributed by atoms with Crippen LogP contribution >= 0.6 is 11.8 Å². The van der Waals surface area contributed by atoms with Crippen LogP contribution in [0.2, 0.25) is 0 Å². The molecule has 2 aromatic rings. The van der Waals surface area contributed by atoms with Gasteiger partial charge in [-0.1, -0.05) is 44.9 Å². The SMILES string of the molecule is CCCCC(CC)COC(=O)CCSc1ncc2c(n1)c(N1CC(F)(F)C(F)(F)C1)cn2C. The Labute approximate surface area is 195 Å². The van der Waals surface area contributed by atoms with Crippen LogP contribution in [0.15, 0.2) is 17.6 Å². The summed E-state index contributed by atoms with van der Waals surface area (Å²) in [6.07, 6.45) is 7.44. The fourth-order valence-corrected chi connectivity index (χ4v) is 4.50. The molecule has 1 fully saturated rings. The molecular formula is C22H30F4N4O2S. The molecule has 11 heteroatoms. The van der Waals surface area contributed by atoms with E-state index in [1.807, 2.05) is 0 Å². The van der Waals surface area contributed by atoms with Crippen LogP contribution in [0.5, 0.6) is 0 Å². The Balaban J connectivity index is 1.60. The standard InChI is InChI=1S/C22H30F4N4O2S/c1-4-6-7-15(5-2)12-32-18(31)8-9-33-20-27-10-16-19(28-20)17(11-29(16)3)30-13-21(23,24)22(25,26)14-30/h10-11,15H,4-9,12-14H2,1-3H3. The summed E-state index contributed by atoms with van der Waals surface area (Å²) in [6, 6.07) is 0. The first-order chi connectivity index (χ1) is 15.6. The molecule has 0 bridgehead atoms. The minimum absolute atomic E-state index is 0.183. The van der Waals surface area contributed by atoms with Crippen LogP contribution in [0.25, 0.3) is 11.0 Å². The predicted molar refractivity (Wildman–Crippen MR) is 120 cm³/mol. The van der Waals surface area contributed by atoms with E-state index in [1.165, 1.54) is 24.2 Å². The Bertz CT molecular complexity index is 953. The number of alkyl halides is 4. The smallest absolute Gasteiger partial charge is 0.329 e. The lowest BCUT2D eigenvalue weighted by atomic mass is 10.0. The lowest BCUT2D eigenvalue weighted by molar-refractivity contribution is -0.172. The summed E-state index contributed by atoms with van der Waals surface area (Å²) < 4.78 is 61.8. The summed E-state index contributed by atoms with van der Waals surface area (Å²) in [7, 11) is 1.68. The number of esters is 1. The van der Waals surface area contributed by atoms with Crippen LogP contribution in [-0.4, -0.2) is 57.8 Å². The van der Waals surface area contributed by atoms with Gasteiger partial charge in [-0.2, -0.15) is 17.6 Å². The maximum absolute atomic E-state index is 13.7. The van der Waals surface area contributed by atoms with Gasteiger partial charge in [-0.05, 0) is 12.3 Å². The molecule has 1 saturated heterocycles. The number of anilines is 1. The van der Waals surface area contributed by atoms with Crippen molar-refractivity contribution in [2.24, 2.45) is 13.0 Å². The average molecular weight is 491 g/mol. The van der Waals surface area contributed by atoms with Crippen molar-refractivity contribution in [1.29, 1.82) is 0 Å². The third-order valence-electron chi connectivity index (χ3n) is 5.90. The zero-order valence-electron chi connectivity index (χ0n) is 19.1. The lowest BCUT2D eigenvalue weighted by Gasteiger charge is -2.15. The molecular weight excluding hydrogens is 460 g/mol. The van der Waals surface area contributed by atoms with Gasteiger partial charge in [0.25, 0.3) is 0 Å². The molecule has 0 radical (unpaired) electrons. The molecule has 0 spiro atoms. The second-order valence-electron chi connectivity index (χ2n) is 8.47. The van der Waals surface area contributed by atoms with Crippen LogP contribution in [0, 0.1) is 5.92 Å². The van der Waals surface area contributed by atoms with E-state index in [2.05, 4.69) is 23.8 Å². The number of aromatic nitrogens is 3. The van der Waals surface area contributed by atoms with Crippen LogP contribution in [0.4, 0.5) is 23.2 Å². The van der Waals surface area contributed by atoms with Crippen LogP contribution in [0.1, 0.15) is 46.0 Å². The van der Waals surface area contributed by atoms with Crippen molar-refractivity contribution in [3.8, 4) is 0 Å². The first-order valence-corrected chi connectivity index (χ1v) is 12.2. The van der Waals surface area contributed by atoms with Gasteiger partial charge < -0.3 is 14.2 Å². The van der Waals surface area contributed by atoms with E-state index in [1.54, 1.807) is 11.6 Å². The molecule has 6 nitrogen and oxygen atoms in total. The maximum atomic E-state index is 13.7. The number of rotatable bonds is 11. The van der Waals surface area contributed by atoms with E-state index in [0.717, 1.165) is 30.6 Å². The van der Waals surface area contributed by atoms with Gasteiger partial charge in [-0.15, -0.1) is 0 Å². The summed E-state index contributed by atoms with van der Waals surface area (Å²) >= 11 is 1.23. The summed E-state index contributed by atoms with van der Waals surface area (Å²) in [5.74, 6) is -7.74. The maximum Gasteiger partial charge on any atom is 0.329 e. The van der Waals surface area contributed by atoms with Crippen molar-refractivity contribution in [3.05, 3.63) is 12.4 Å². The molecule has 0 saturated carbocycles. The minimum atomic E-state index is -4.10. The highest BCUT2D eigenvalue weighted by molar-refractivity contribution is 7.99. The van der Waals surface area contributed by atoms with Gasteiger partial charge in [0.05, 0.1) is 43.5 Å². The van der Waals surface area contributed by atoms with E-state index in [9.17, 15) is 22.4 Å². The number of thioether (sulfide) groups is 1. The highest BCUT2D eigenvalue weighted by Crippen LogP contribution is 2.44. The monoisotopic (exact) mass is 490 g/mol. The molecule has 1 aliphatic rings. The van der Waals surface area contributed by atoms with Gasteiger partial charge in [0.15, 0.2) is 5.16 Å². The Morgan fingerprint density at radius 2 is 1.94 bits per heavy atom. The van der Waals surface area contributed by atoms with Crippen molar-refractivity contribution in [2.45, 2.75) is 63.0 Å². The topological polar surface area (TPSA) is 60.2 Å². The minimum Gasteiger partial charge on any atom is -0.465 e. The molecule has 184 valence electrons.